The third kappa shape index (κ3) is 3.32. The van der Waals surface area contributed by atoms with Gasteiger partial charge in [-0.3, -0.25) is 9.59 Å². The maximum absolute atomic E-state index is 14.0. The third-order valence-corrected chi connectivity index (χ3v) is 9.09. The van der Waals surface area contributed by atoms with Gasteiger partial charge in [-0.25, -0.2) is 0 Å². The van der Waals surface area contributed by atoms with Crippen LogP contribution in [0.15, 0.2) is 33.0 Å². The van der Waals surface area contributed by atoms with Crippen molar-refractivity contribution in [3.05, 3.63) is 72.6 Å². The number of aliphatic hydroxyl groups is 3. The SMILES string of the molecule is CO[C@@H]1[13c]2c[13c]3c([13c]([18OH])c2[13C]2(O)C4=[13C](OCO[13C@@H]41)c1oc4[13c]([18O]C)c(Cl)[13cH]c[13c]4c(=O)[13c]1C2O)[13C](=[18O])N(C)[13C@@H](OC)[C@H]3O. The van der Waals surface area contributed by atoms with Crippen molar-refractivity contribution in [2.75, 3.05) is 35.2 Å². The first-order valence-electron chi connectivity index (χ1n) is 13.2. The monoisotopic (exact) mass is 633 g/mol. The molecule has 0 radical (unpaired) electrons. The van der Waals surface area contributed by atoms with E-state index in [2.05, 4.69) is 0 Å². The maximum atomic E-state index is 14.0. The average Bonchev–Trinajstić information content (AvgIpc) is 2.99. The number of ether oxygens (including phenoxy) is 5. The second-order valence-corrected chi connectivity index (χ2v) is 11.1. The molecule has 3 heterocycles. The van der Waals surface area contributed by atoms with Gasteiger partial charge in [-0.2, -0.15) is 0 Å². The van der Waals surface area contributed by atoms with E-state index in [-0.39, 0.29) is 73.4 Å². The number of amides is 1. The first-order chi connectivity index (χ1) is 20.5. The van der Waals surface area contributed by atoms with Gasteiger partial charge in [0, 0.05) is 38.0 Å². The number of halogens is 1. The van der Waals surface area contributed by atoms with Gasteiger partial charge in [-0.1, -0.05) is 11.6 Å². The topological polar surface area (TPSA) is 178 Å². The summed E-state index contributed by atoms with van der Waals surface area (Å²) in [5, 5.41) is 47.6. The molecule has 3 aromatic rings. The molecule has 4 aliphatic rings. The van der Waals surface area contributed by atoms with Crippen LogP contribution in [0.1, 0.15) is 56.7 Å². The molecular weight excluding hydrogens is 608 g/mol. The Morgan fingerprint density at radius 1 is 1.23 bits per heavy atom. The molecule has 0 fully saturated rings. The normalized spacial score (nSPS) is 29.1. The van der Waals surface area contributed by atoms with Crippen molar-refractivity contribution in [1.82, 2.24) is 4.90 Å². The second-order valence-electron chi connectivity index (χ2n) is 10.7. The van der Waals surface area contributed by atoms with Gasteiger partial charge in [0.1, 0.15) is 30.2 Å². The molecule has 2 aliphatic heterocycles. The van der Waals surface area contributed by atoms with Crippen LogP contribution in [0.25, 0.3) is 16.7 Å². The van der Waals surface area contributed by atoms with Crippen LogP contribution < -0.4 is 10.2 Å². The summed E-state index contributed by atoms with van der Waals surface area (Å²) in [5.74, 6) is -1.67. The molecule has 13 nitrogen and oxygen atoms in total. The van der Waals surface area contributed by atoms with Crippen LogP contribution in [-0.2, 0) is 24.5 Å². The molecule has 2 aromatic carbocycles. The number of carbonyl (C=O) groups is 1. The lowest BCUT2D eigenvalue weighted by atomic mass is 10.1. The Morgan fingerprint density at radius 3 is 2.65 bits per heavy atom. The molecule has 0 saturated carbocycles. The summed E-state index contributed by atoms with van der Waals surface area (Å²) in [4.78, 5) is 28.5. The number of methoxy groups -OCH3 is 3. The van der Waals surface area contributed by atoms with Crippen LogP contribution in [0.3, 0.4) is 0 Å². The van der Waals surface area contributed by atoms with Crippen LogP contribution in [-0.4, -0.2) is 78.7 Å². The number of rotatable bonds is 3. The third-order valence-electron chi connectivity index (χ3n) is 8.80. The molecule has 1 amide bonds. The lowest BCUT2D eigenvalue weighted by Gasteiger charge is -2.51. The highest BCUT2D eigenvalue weighted by Crippen LogP contribution is 2.62. The zero-order valence-corrected chi connectivity index (χ0v) is 24.0. The number of benzene rings is 2. The Labute approximate surface area is 248 Å². The lowest BCUT2D eigenvalue weighted by molar-refractivity contribution is -0.158. The number of hydrogen-bond acceptors (Lipinski definition) is 12. The number of phenolic OH excluding ortho intramolecular Hbond substituents is 1. The fraction of sp³-hybridized carbons (Fsp3) is 0.379. The summed E-state index contributed by atoms with van der Waals surface area (Å²) in [6.45, 7) is -0.354. The Hall–Kier alpha value is -3.69. The molecule has 4 N–H and O–H groups in total. The number of carbonyl (C=O) groups excluding carboxylic acids is 1. The first-order valence-corrected chi connectivity index (χ1v) is 13.5. The van der Waals surface area contributed by atoms with Crippen LogP contribution >= 0.6 is 11.6 Å². The van der Waals surface area contributed by atoms with Crippen molar-refractivity contribution in [1.29, 1.82) is 0 Å². The van der Waals surface area contributed by atoms with E-state index >= 15 is 0 Å². The molecular formula is C29H26ClNO12. The predicted octanol–water partition coefficient (Wildman–Crippen LogP) is 1.97. The Bertz CT molecular complexity index is 1830. The minimum atomic E-state index is -2.57. The summed E-state index contributed by atoms with van der Waals surface area (Å²) < 4.78 is 34.3. The molecule has 43 heavy (non-hydrogen) atoms. The van der Waals surface area contributed by atoms with Crippen molar-refractivity contribution in [2.24, 2.45) is 0 Å². The molecule has 6 atom stereocenters. The van der Waals surface area contributed by atoms with Crippen molar-refractivity contribution in [3.63, 3.8) is 0 Å². The molecule has 0 spiro atoms. The van der Waals surface area contributed by atoms with Crippen molar-refractivity contribution in [3.8, 4) is 11.5 Å². The minimum absolute atomic E-state index is 0.00121. The highest BCUT2D eigenvalue weighted by molar-refractivity contribution is 6.33. The molecule has 2 aliphatic carbocycles. The van der Waals surface area contributed by atoms with Crippen LogP contribution in [0, 0.1) is 0 Å². The van der Waals surface area contributed by atoms with Crippen LogP contribution in [0.2, 0.25) is 5.02 Å². The molecule has 2 unspecified atom stereocenters. The van der Waals surface area contributed by atoms with Crippen molar-refractivity contribution < 1.29 is 53.3 Å². The van der Waals surface area contributed by atoms with E-state index in [0.29, 0.717) is 0 Å². The number of hydrogen-bond donors (Lipinski definition) is 4. The van der Waals surface area contributed by atoms with Gasteiger partial charge in [0.2, 0.25) is 0 Å². The Balaban J connectivity index is 1.59. The van der Waals surface area contributed by atoms with E-state index in [4.69, 9.17) is 39.7 Å². The second kappa shape index (κ2) is 9.40. The van der Waals surface area contributed by atoms with Gasteiger partial charge in [0.05, 0.1) is 28.6 Å². The van der Waals surface area contributed by atoms with Crippen LogP contribution in [0.5, 0.6) is 11.5 Å². The lowest BCUT2D eigenvalue weighted by Crippen LogP contribution is -2.54. The highest BCUT2D eigenvalue weighted by Gasteiger charge is 2.62. The zero-order valence-electron chi connectivity index (χ0n) is 23.2. The van der Waals surface area contributed by atoms with Gasteiger partial charge in [-0.05, 0) is 23.8 Å². The largest absolute Gasteiger partial charge is 0.507 e. The highest BCUT2D eigenvalue weighted by atomic mass is 35.5. The van der Waals surface area contributed by atoms with Gasteiger partial charge < -0.3 is 53.4 Å². The predicted molar refractivity (Wildman–Crippen MR) is 146 cm³/mol. The standard InChI is InChI=1S/C29H26ClNO12/c1-31-27(36)13-10(18(33)28(31)40-4)7-11-15(19(13)34)29(37)16-24(20(11)38-2)41-8-42-25(16)23-14(26(29)35)17(32)9-5-6-12(30)22(39-3)21(9)43-23/h5-7,18,20,24,26,28,33-35,37H,8H2,1-4H3/t18-,20+,24-,26?,28-,29?/m0/s1/i6+1,9+1,10+1,11+1,14+1,19+1,22+1,24+1,25+1,27+1,28+1,29+1,34+2,36+2,39+2. The fourth-order valence-electron chi connectivity index (χ4n) is 6.88. The van der Waals surface area contributed by atoms with Crippen LogP contribution in [0.4, 0.5) is 0 Å². The number of aliphatic hydroxyl groups excluding tert-OH is 2. The number of aromatic hydroxyl groups is 1. The summed E-state index contributed by atoms with van der Waals surface area (Å²) in [6.07, 6.45) is -6.65. The summed E-state index contributed by atoms with van der Waals surface area (Å²) >= 11 is 6.28. The maximum Gasteiger partial charge on any atom is 0.259 e. The zero-order chi connectivity index (χ0) is 30.7. The summed E-state index contributed by atoms with van der Waals surface area (Å²) in [6, 6.07) is 4.23. The van der Waals surface area contributed by atoms with E-state index in [9.17, 15) is 30.0 Å². The molecule has 226 valence electrons. The van der Waals surface area contributed by atoms with E-state index in [0.717, 1.165) is 4.90 Å². The van der Waals surface area contributed by atoms with Crippen molar-refractivity contribution >= 4 is 34.2 Å². The average molecular weight is 634 g/mol. The number of fused-ring (bicyclic) bond motifs is 6. The molecule has 0 saturated heterocycles. The summed E-state index contributed by atoms with van der Waals surface area (Å²) in [5.41, 5.74) is -4.24. The Kier molecular flexibility index (Phi) is 6.15. The van der Waals surface area contributed by atoms with Crippen molar-refractivity contribution in [2.45, 2.75) is 36.2 Å². The van der Waals surface area contributed by atoms with E-state index in [1.165, 1.54) is 46.6 Å². The smallest absolute Gasteiger partial charge is 0.259 e. The summed E-state index contributed by atoms with van der Waals surface area (Å²) in [7, 11) is 5.43. The molecule has 7 rings (SSSR count). The number of phenols is 1. The molecule has 1 aromatic heterocycles. The van der Waals surface area contributed by atoms with E-state index in [1.54, 1.807) is 0 Å². The molecule has 0 bridgehead atoms. The van der Waals surface area contributed by atoms with E-state index in [1.807, 2.05) is 0 Å². The Morgan fingerprint density at radius 2 is 1.98 bits per heavy atom. The minimum Gasteiger partial charge on any atom is -0.507 e. The number of nitrogens with zero attached hydrogens (tertiary/aromatic N) is 1. The van der Waals surface area contributed by atoms with Gasteiger partial charge in [-0.15, -0.1) is 0 Å². The number of likely N-dealkylation sites (N-methyl/N-ethyl adjacent to an activating group) is 1. The fourth-order valence-corrected chi connectivity index (χ4v) is 7.11. The first kappa shape index (κ1) is 28.1. The van der Waals surface area contributed by atoms with Gasteiger partial charge in [0.15, 0.2) is 46.9 Å². The quantitative estimate of drug-likeness (QED) is 0.244. The van der Waals surface area contributed by atoms with Gasteiger partial charge in [0.25, 0.3) is 5.91 Å². The van der Waals surface area contributed by atoms with E-state index < -0.39 is 53.3 Å². The molecule has 14 heteroatoms. The van der Waals surface area contributed by atoms with Gasteiger partial charge >= 0.3 is 0 Å².